The van der Waals surface area contributed by atoms with Gasteiger partial charge in [0, 0.05) is 6.54 Å². The molecule has 10 nitrogen and oxygen atoms in total. The van der Waals surface area contributed by atoms with Gasteiger partial charge in [-0.25, -0.2) is 4.79 Å². The van der Waals surface area contributed by atoms with Gasteiger partial charge in [0.15, 0.2) is 0 Å². The lowest BCUT2D eigenvalue weighted by Crippen LogP contribution is -2.42. The van der Waals surface area contributed by atoms with E-state index in [4.69, 9.17) is 4.74 Å². The van der Waals surface area contributed by atoms with Crippen molar-refractivity contribution >= 4 is 23.8 Å². The summed E-state index contributed by atoms with van der Waals surface area (Å²) >= 11 is 0. The Balaban J connectivity index is 4.64. The molecular formula is C30H56N2O8. The smallest absolute Gasteiger partial charge is 0.326 e. The van der Waals surface area contributed by atoms with Crippen LogP contribution in [-0.2, 0) is 23.9 Å². The maximum atomic E-state index is 12.7. The number of hydrogen-bond acceptors (Lipinski definition) is 7. The Hall–Kier alpha value is -2.20. The van der Waals surface area contributed by atoms with Crippen LogP contribution in [0.15, 0.2) is 0 Å². The number of unbranched alkanes of at least 4 members (excludes halogenated alkanes) is 1. The van der Waals surface area contributed by atoms with E-state index < -0.39 is 42.2 Å². The van der Waals surface area contributed by atoms with Crippen molar-refractivity contribution in [3.05, 3.63) is 0 Å². The van der Waals surface area contributed by atoms with Gasteiger partial charge < -0.3 is 30.7 Å². The monoisotopic (exact) mass is 572 g/mol. The molecule has 0 heterocycles. The number of esters is 1. The number of nitrogens with one attached hydrogen (secondary N) is 2. The van der Waals surface area contributed by atoms with Crippen molar-refractivity contribution in [2.75, 3.05) is 6.54 Å². The summed E-state index contributed by atoms with van der Waals surface area (Å²) in [6.07, 6.45) is 2.64. The highest BCUT2D eigenvalue weighted by atomic mass is 16.5. The third-order valence-electron chi connectivity index (χ3n) is 6.63. The van der Waals surface area contributed by atoms with Gasteiger partial charge in [-0.05, 0) is 75.5 Å². The van der Waals surface area contributed by atoms with Crippen molar-refractivity contribution in [2.24, 2.45) is 17.8 Å². The highest BCUT2D eigenvalue weighted by Crippen LogP contribution is 2.16. The highest BCUT2D eigenvalue weighted by molar-refractivity contribution is 5.84. The zero-order valence-corrected chi connectivity index (χ0v) is 25.6. The van der Waals surface area contributed by atoms with Gasteiger partial charge in [0.05, 0.1) is 31.5 Å². The summed E-state index contributed by atoms with van der Waals surface area (Å²) < 4.78 is 5.52. The number of aliphatic hydroxyl groups is 2. The largest absolute Gasteiger partial charge is 0.480 e. The molecule has 0 saturated carbocycles. The molecule has 0 spiro atoms. The summed E-state index contributed by atoms with van der Waals surface area (Å²) in [5, 5.41) is 34.9. The first-order valence-corrected chi connectivity index (χ1v) is 15.0. The molecule has 0 radical (unpaired) electrons. The Labute approximate surface area is 241 Å². The molecule has 0 aromatic heterocycles. The fourth-order valence-electron chi connectivity index (χ4n) is 4.11. The zero-order valence-electron chi connectivity index (χ0n) is 25.6. The van der Waals surface area contributed by atoms with Crippen molar-refractivity contribution in [1.82, 2.24) is 10.6 Å². The first kappa shape index (κ1) is 37.8. The minimum absolute atomic E-state index is 0.0417. The first-order chi connectivity index (χ1) is 18.7. The quantitative estimate of drug-likeness (QED) is 0.0908. The summed E-state index contributed by atoms with van der Waals surface area (Å²) in [6.45, 7) is 12.6. The molecule has 4 unspecified atom stereocenters. The molecule has 0 bridgehead atoms. The van der Waals surface area contributed by atoms with Crippen LogP contribution in [0.25, 0.3) is 0 Å². The summed E-state index contributed by atoms with van der Waals surface area (Å²) in [4.78, 5) is 48.7. The van der Waals surface area contributed by atoms with Crippen molar-refractivity contribution in [2.45, 2.75) is 143 Å². The fraction of sp³-hybridized carbons (Fsp3) is 0.867. The van der Waals surface area contributed by atoms with Crippen molar-refractivity contribution in [3.63, 3.8) is 0 Å². The molecule has 0 rings (SSSR count). The van der Waals surface area contributed by atoms with Crippen LogP contribution in [0.4, 0.5) is 0 Å². The Morgan fingerprint density at radius 3 is 1.70 bits per heavy atom. The third-order valence-corrected chi connectivity index (χ3v) is 6.63. The Morgan fingerprint density at radius 1 is 0.650 bits per heavy atom. The molecule has 234 valence electrons. The van der Waals surface area contributed by atoms with Crippen LogP contribution in [0.1, 0.15) is 119 Å². The van der Waals surface area contributed by atoms with Crippen LogP contribution >= 0.6 is 0 Å². The van der Waals surface area contributed by atoms with E-state index in [1.807, 2.05) is 27.7 Å². The molecule has 5 N–H and O–H groups in total. The van der Waals surface area contributed by atoms with Crippen LogP contribution in [0, 0.1) is 17.8 Å². The highest BCUT2D eigenvalue weighted by Gasteiger charge is 2.25. The van der Waals surface area contributed by atoms with Crippen LogP contribution < -0.4 is 10.6 Å². The zero-order chi connectivity index (χ0) is 30.7. The van der Waals surface area contributed by atoms with E-state index in [9.17, 15) is 34.5 Å². The van der Waals surface area contributed by atoms with Gasteiger partial charge in [-0.3, -0.25) is 14.4 Å². The van der Waals surface area contributed by atoms with Crippen LogP contribution in [-0.4, -0.2) is 70.0 Å². The van der Waals surface area contributed by atoms with Crippen molar-refractivity contribution < 1.29 is 39.2 Å². The van der Waals surface area contributed by atoms with E-state index in [1.165, 1.54) is 0 Å². The van der Waals surface area contributed by atoms with Crippen LogP contribution in [0.3, 0.4) is 0 Å². The molecule has 0 aromatic rings. The van der Waals surface area contributed by atoms with Gasteiger partial charge >= 0.3 is 11.9 Å². The lowest BCUT2D eigenvalue weighted by atomic mass is 10.0. The number of aliphatic carboxylic acids is 1. The number of hydrogen-bond donors (Lipinski definition) is 5. The van der Waals surface area contributed by atoms with Gasteiger partial charge in [0.25, 0.3) is 0 Å². The van der Waals surface area contributed by atoms with E-state index in [0.717, 1.165) is 19.3 Å². The van der Waals surface area contributed by atoms with E-state index >= 15 is 0 Å². The number of carboxylic acids is 1. The summed E-state index contributed by atoms with van der Waals surface area (Å²) in [6, 6.07) is -1.10. The number of aliphatic hydroxyl groups excluding tert-OH is 2. The lowest BCUT2D eigenvalue weighted by molar-refractivity contribution is -0.153. The first-order valence-electron chi connectivity index (χ1n) is 15.0. The van der Waals surface area contributed by atoms with Gasteiger partial charge in [0.2, 0.25) is 11.8 Å². The second-order valence-electron chi connectivity index (χ2n) is 12.2. The van der Waals surface area contributed by atoms with E-state index in [1.54, 1.807) is 0 Å². The SMILES string of the molecule is CC(C)CCC(O)CC(=O)NCCCCC(NC(=O)CC(CCC(C)C)OC(=O)CC(O)CCC(C)C)C(=O)O. The van der Waals surface area contributed by atoms with E-state index in [2.05, 4.69) is 24.5 Å². The molecule has 0 aliphatic rings. The number of amides is 2. The molecule has 0 aromatic carbocycles. The number of ether oxygens (including phenoxy) is 1. The Morgan fingerprint density at radius 2 is 1.18 bits per heavy atom. The molecule has 0 fully saturated rings. The number of rotatable bonds is 23. The van der Waals surface area contributed by atoms with Gasteiger partial charge in [0.1, 0.15) is 12.1 Å². The van der Waals surface area contributed by atoms with E-state index in [0.29, 0.717) is 56.4 Å². The Bertz CT molecular complexity index is 741. The topological polar surface area (TPSA) is 162 Å². The van der Waals surface area contributed by atoms with Crippen molar-refractivity contribution in [3.8, 4) is 0 Å². The second-order valence-corrected chi connectivity index (χ2v) is 12.2. The molecule has 0 saturated heterocycles. The third kappa shape index (κ3) is 21.6. The minimum Gasteiger partial charge on any atom is -0.480 e. The molecule has 0 aliphatic heterocycles. The predicted molar refractivity (Wildman–Crippen MR) is 154 cm³/mol. The number of carboxylic acid groups (broad SMARTS) is 1. The molecule has 40 heavy (non-hydrogen) atoms. The lowest BCUT2D eigenvalue weighted by Gasteiger charge is -2.21. The normalized spacial score (nSPS) is 14.6. The number of carbonyl (C=O) groups is 4. The molecule has 4 atom stereocenters. The van der Waals surface area contributed by atoms with Gasteiger partial charge in [-0.2, -0.15) is 0 Å². The van der Waals surface area contributed by atoms with E-state index in [-0.39, 0.29) is 31.6 Å². The van der Waals surface area contributed by atoms with Gasteiger partial charge in [-0.15, -0.1) is 0 Å². The maximum Gasteiger partial charge on any atom is 0.326 e. The fourth-order valence-corrected chi connectivity index (χ4v) is 4.11. The van der Waals surface area contributed by atoms with Crippen LogP contribution in [0.5, 0.6) is 0 Å². The summed E-state index contributed by atoms with van der Waals surface area (Å²) in [5.74, 6) is -1.28. The molecule has 10 heteroatoms. The predicted octanol–water partition coefficient (Wildman–Crippen LogP) is 3.95. The van der Waals surface area contributed by atoms with Gasteiger partial charge in [-0.1, -0.05) is 41.5 Å². The average molecular weight is 573 g/mol. The number of carbonyl (C=O) groups excluding carboxylic acids is 3. The standard InChI is InChI=1S/C30H56N2O8/c1-20(2)10-13-23(33)17-27(35)31-16-8-7-9-26(30(38)39)32-28(36)19-25(15-12-22(5)6)40-29(37)18-24(34)14-11-21(3)4/h20-26,33-34H,7-19H2,1-6H3,(H,31,35)(H,32,36)(H,38,39). The Kier molecular flexibility index (Phi) is 20.3. The second kappa shape index (κ2) is 21.5. The summed E-state index contributed by atoms with van der Waals surface area (Å²) in [7, 11) is 0. The summed E-state index contributed by atoms with van der Waals surface area (Å²) in [5.41, 5.74) is 0. The molecular weight excluding hydrogens is 516 g/mol. The maximum absolute atomic E-state index is 12.7. The molecule has 0 aliphatic carbocycles. The molecule has 2 amide bonds. The van der Waals surface area contributed by atoms with Crippen LogP contribution in [0.2, 0.25) is 0 Å². The average Bonchev–Trinajstić information content (AvgIpc) is 2.83. The van der Waals surface area contributed by atoms with Crippen molar-refractivity contribution in [1.29, 1.82) is 0 Å². The minimum atomic E-state index is -1.16.